The molecule has 1 aliphatic rings. The van der Waals surface area contributed by atoms with Gasteiger partial charge in [-0.05, 0) is 79.1 Å². The van der Waals surface area contributed by atoms with Gasteiger partial charge in [0.05, 0.1) is 12.2 Å². The van der Waals surface area contributed by atoms with Crippen molar-refractivity contribution in [3.63, 3.8) is 0 Å². The molecule has 6 nitrogen and oxygen atoms in total. The predicted octanol–water partition coefficient (Wildman–Crippen LogP) is 6.51. The Morgan fingerprint density at radius 3 is 2.31 bits per heavy atom. The third kappa shape index (κ3) is 8.74. The highest BCUT2D eigenvalue weighted by Crippen LogP contribution is 2.30. The van der Waals surface area contributed by atoms with Gasteiger partial charge in [-0.15, -0.1) is 0 Å². The first-order chi connectivity index (χ1) is 17.3. The molecule has 0 heterocycles. The molecule has 0 amide bonds. The molecule has 0 aliphatic heterocycles. The Hall–Kier alpha value is -3.28. The molecule has 0 spiro atoms. The second-order valence-corrected chi connectivity index (χ2v) is 9.96. The monoisotopic (exact) mass is 492 g/mol. The highest BCUT2D eigenvalue weighted by molar-refractivity contribution is 5.90. The summed E-state index contributed by atoms with van der Waals surface area (Å²) in [6.45, 7) is 4.40. The number of anilines is 2. The minimum atomic E-state index is -0.437. The molecule has 2 aromatic carbocycles. The second kappa shape index (κ2) is 13.7. The van der Waals surface area contributed by atoms with Crippen LogP contribution in [-0.2, 0) is 14.3 Å². The molecule has 1 aliphatic carbocycles. The summed E-state index contributed by atoms with van der Waals surface area (Å²) in [5.41, 5.74) is 15.1. The van der Waals surface area contributed by atoms with Crippen LogP contribution in [0.25, 0.3) is 6.08 Å². The van der Waals surface area contributed by atoms with Gasteiger partial charge in [0.1, 0.15) is 6.10 Å². The van der Waals surface area contributed by atoms with Gasteiger partial charge in [-0.1, -0.05) is 51.7 Å². The topological polar surface area (TPSA) is 105 Å². The van der Waals surface area contributed by atoms with Crippen molar-refractivity contribution in [3.8, 4) is 0 Å². The molecule has 36 heavy (non-hydrogen) atoms. The van der Waals surface area contributed by atoms with Crippen molar-refractivity contribution < 1.29 is 19.1 Å². The quantitative estimate of drug-likeness (QED) is 0.160. The molecule has 1 fully saturated rings. The SMILES string of the molecule is CCCCCC1CCC(OC(=O)c2ccc(/C=C/C(=O)OCC(C)c3cc(N)cc(N)c3)cc2)CC1. The summed E-state index contributed by atoms with van der Waals surface area (Å²) in [7, 11) is 0. The Morgan fingerprint density at radius 1 is 1.00 bits per heavy atom. The molecular formula is C30H40N2O4. The predicted molar refractivity (Wildman–Crippen MR) is 145 cm³/mol. The summed E-state index contributed by atoms with van der Waals surface area (Å²) in [5.74, 6) is 0.0287. The van der Waals surface area contributed by atoms with Crippen molar-refractivity contribution in [2.75, 3.05) is 18.1 Å². The molecule has 0 aromatic heterocycles. The molecule has 0 saturated heterocycles. The molecule has 4 N–H and O–H groups in total. The molecular weight excluding hydrogens is 452 g/mol. The molecule has 1 atom stereocenters. The Bertz CT molecular complexity index is 1000. The number of carbonyl (C=O) groups excluding carboxylic acids is 2. The van der Waals surface area contributed by atoms with E-state index >= 15 is 0 Å². The van der Waals surface area contributed by atoms with E-state index < -0.39 is 5.97 Å². The number of ether oxygens (including phenoxy) is 2. The highest BCUT2D eigenvalue weighted by atomic mass is 16.5. The number of unbranched alkanes of at least 4 members (excludes halogenated alkanes) is 2. The maximum absolute atomic E-state index is 12.6. The van der Waals surface area contributed by atoms with E-state index in [2.05, 4.69) is 6.92 Å². The number of hydrogen-bond donors (Lipinski definition) is 2. The second-order valence-electron chi connectivity index (χ2n) is 9.96. The summed E-state index contributed by atoms with van der Waals surface area (Å²) >= 11 is 0. The van der Waals surface area contributed by atoms with Gasteiger partial charge < -0.3 is 20.9 Å². The fraction of sp³-hybridized carbons (Fsp3) is 0.467. The van der Waals surface area contributed by atoms with Crippen LogP contribution in [0.2, 0.25) is 0 Å². The Morgan fingerprint density at radius 2 is 1.67 bits per heavy atom. The summed E-state index contributed by atoms with van der Waals surface area (Å²) in [6.07, 6.45) is 12.4. The number of carbonyl (C=O) groups is 2. The lowest BCUT2D eigenvalue weighted by Crippen LogP contribution is -2.24. The van der Waals surface area contributed by atoms with Gasteiger partial charge in [0, 0.05) is 23.4 Å². The van der Waals surface area contributed by atoms with Crippen molar-refractivity contribution >= 4 is 29.4 Å². The molecule has 2 aromatic rings. The molecule has 0 radical (unpaired) electrons. The van der Waals surface area contributed by atoms with Gasteiger partial charge in [0.15, 0.2) is 0 Å². The zero-order valence-electron chi connectivity index (χ0n) is 21.6. The van der Waals surface area contributed by atoms with E-state index in [0.717, 1.165) is 42.7 Å². The summed E-state index contributed by atoms with van der Waals surface area (Å²) in [6, 6.07) is 12.4. The Labute approximate surface area is 215 Å². The van der Waals surface area contributed by atoms with Crippen molar-refractivity contribution in [1.82, 2.24) is 0 Å². The van der Waals surface area contributed by atoms with Crippen LogP contribution in [0.15, 0.2) is 48.5 Å². The van der Waals surface area contributed by atoms with Crippen molar-refractivity contribution in [3.05, 3.63) is 65.2 Å². The number of nitrogens with two attached hydrogens (primary N) is 2. The maximum atomic E-state index is 12.6. The van der Waals surface area contributed by atoms with Gasteiger partial charge in [-0.25, -0.2) is 9.59 Å². The third-order valence-electron chi connectivity index (χ3n) is 6.89. The molecule has 194 valence electrons. The average Bonchev–Trinajstić information content (AvgIpc) is 2.87. The van der Waals surface area contributed by atoms with Gasteiger partial charge >= 0.3 is 11.9 Å². The fourth-order valence-electron chi connectivity index (χ4n) is 4.67. The minimum Gasteiger partial charge on any atom is -0.462 e. The van der Waals surface area contributed by atoms with E-state index in [9.17, 15) is 9.59 Å². The number of hydrogen-bond acceptors (Lipinski definition) is 6. The zero-order chi connectivity index (χ0) is 25.9. The molecule has 1 saturated carbocycles. The standard InChI is InChI=1S/C30H40N2O4/c1-3-4-5-6-22-9-14-28(15-10-22)36-30(34)24-12-7-23(8-13-24)11-16-29(33)35-20-21(2)25-17-26(31)19-27(32)18-25/h7-8,11-13,16-19,21-22,28H,3-6,9-10,14-15,20,31-32H2,1-2H3/b16-11+. The number of benzene rings is 2. The first kappa shape index (κ1) is 27.3. The van der Waals surface area contributed by atoms with E-state index in [4.69, 9.17) is 20.9 Å². The van der Waals surface area contributed by atoms with Crippen LogP contribution in [0, 0.1) is 5.92 Å². The lowest BCUT2D eigenvalue weighted by Gasteiger charge is -2.28. The third-order valence-corrected chi connectivity index (χ3v) is 6.89. The number of esters is 2. The van der Waals surface area contributed by atoms with Gasteiger partial charge in [-0.2, -0.15) is 0 Å². The van der Waals surface area contributed by atoms with E-state index in [1.54, 1.807) is 36.4 Å². The zero-order valence-corrected chi connectivity index (χ0v) is 21.6. The van der Waals surface area contributed by atoms with Gasteiger partial charge in [0.25, 0.3) is 0 Å². The lowest BCUT2D eigenvalue weighted by atomic mass is 9.84. The Balaban J connectivity index is 1.41. The molecule has 6 heteroatoms. The minimum absolute atomic E-state index is 0.0143. The van der Waals surface area contributed by atoms with Crippen LogP contribution in [0.1, 0.15) is 92.6 Å². The largest absolute Gasteiger partial charge is 0.462 e. The summed E-state index contributed by atoms with van der Waals surface area (Å²) in [5, 5.41) is 0. The van der Waals surface area contributed by atoms with Crippen LogP contribution in [0.3, 0.4) is 0 Å². The van der Waals surface area contributed by atoms with E-state index in [1.165, 1.54) is 31.8 Å². The van der Waals surface area contributed by atoms with Crippen molar-refractivity contribution in [2.24, 2.45) is 5.92 Å². The van der Waals surface area contributed by atoms with Crippen LogP contribution < -0.4 is 11.5 Å². The molecule has 0 bridgehead atoms. The highest BCUT2D eigenvalue weighted by Gasteiger charge is 2.24. The number of nitrogen functional groups attached to an aromatic ring is 2. The Kier molecular flexibility index (Phi) is 10.4. The molecule has 3 rings (SSSR count). The maximum Gasteiger partial charge on any atom is 0.338 e. The first-order valence-corrected chi connectivity index (χ1v) is 13.2. The van der Waals surface area contributed by atoms with Crippen LogP contribution >= 0.6 is 0 Å². The first-order valence-electron chi connectivity index (χ1n) is 13.2. The van der Waals surface area contributed by atoms with E-state index in [-0.39, 0.29) is 24.6 Å². The lowest BCUT2D eigenvalue weighted by molar-refractivity contribution is -0.138. The summed E-state index contributed by atoms with van der Waals surface area (Å²) in [4.78, 5) is 24.7. The normalized spacial score (nSPS) is 18.6. The van der Waals surface area contributed by atoms with Crippen LogP contribution in [0.5, 0.6) is 0 Å². The van der Waals surface area contributed by atoms with Crippen molar-refractivity contribution in [2.45, 2.75) is 77.2 Å². The van der Waals surface area contributed by atoms with Crippen LogP contribution in [0.4, 0.5) is 11.4 Å². The fourth-order valence-corrected chi connectivity index (χ4v) is 4.67. The van der Waals surface area contributed by atoms with E-state index in [0.29, 0.717) is 16.9 Å². The molecule has 1 unspecified atom stereocenters. The summed E-state index contributed by atoms with van der Waals surface area (Å²) < 4.78 is 11.1. The average molecular weight is 493 g/mol. The van der Waals surface area contributed by atoms with Crippen molar-refractivity contribution in [1.29, 1.82) is 0 Å². The smallest absolute Gasteiger partial charge is 0.338 e. The van der Waals surface area contributed by atoms with Crippen LogP contribution in [-0.4, -0.2) is 24.6 Å². The van der Waals surface area contributed by atoms with E-state index in [1.807, 2.05) is 19.1 Å². The number of rotatable bonds is 11. The van der Waals surface area contributed by atoms with Gasteiger partial charge in [0.2, 0.25) is 0 Å². The van der Waals surface area contributed by atoms with Gasteiger partial charge in [-0.3, -0.25) is 0 Å².